The van der Waals surface area contributed by atoms with Gasteiger partial charge in [-0.05, 0) is 32.4 Å². The van der Waals surface area contributed by atoms with Gasteiger partial charge in [0.2, 0.25) is 5.91 Å². The van der Waals surface area contributed by atoms with E-state index in [2.05, 4.69) is 10.2 Å². The molecule has 0 aliphatic carbocycles. The largest absolute Gasteiger partial charge is 0.338 e. The minimum absolute atomic E-state index is 0.0270. The van der Waals surface area contributed by atoms with E-state index in [9.17, 15) is 4.79 Å². The molecular formula is C14H21N5O. The molecule has 20 heavy (non-hydrogen) atoms. The molecule has 0 fully saturated rings. The number of aromatic nitrogens is 4. The maximum Gasteiger partial charge on any atom is 0.247 e. The molecule has 1 atom stereocenters. The average Bonchev–Trinajstić information content (AvgIpc) is 3.05. The highest BCUT2D eigenvalue weighted by Crippen LogP contribution is 2.11. The van der Waals surface area contributed by atoms with Crippen LogP contribution in [0.4, 0.5) is 0 Å². The van der Waals surface area contributed by atoms with Gasteiger partial charge < -0.3 is 4.90 Å². The number of carbonyl (C=O) groups excluding carboxylic acids is 1. The van der Waals surface area contributed by atoms with Crippen molar-refractivity contribution in [2.75, 3.05) is 7.05 Å². The third kappa shape index (κ3) is 3.07. The zero-order valence-corrected chi connectivity index (χ0v) is 12.4. The molecule has 6 nitrogen and oxygen atoms in total. The fourth-order valence-electron chi connectivity index (χ4n) is 2.06. The lowest BCUT2D eigenvalue weighted by molar-refractivity contribution is -0.133. The van der Waals surface area contributed by atoms with E-state index in [1.165, 1.54) is 0 Å². The van der Waals surface area contributed by atoms with Gasteiger partial charge in [0, 0.05) is 26.0 Å². The fraction of sp³-hybridized carbons (Fsp3) is 0.500. The summed E-state index contributed by atoms with van der Waals surface area (Å²) in [5.41, 5.74) is 1.94. The Morgan fingerprint density at radius 2 is 2.25 bits per heavy atom. The van der Waals surface area contributed by atoms with Crippen LogP contribution in [0.3, 0.4) is 0 Å². The third-order valence-corrected chi connectivity index (χ3v) is 3.28. The molecule has 2 aromatic heterocycles. The van der Waals surface area contributed by atoms with Crippen LogP contribution in [0.5, 0.6) is 0 Å². The molecule has 0 aliphatic heterocycles. The summed E-state index contributed by atoms with van der Waals surface area (Å²) in [7, 11) is 1.79. The fourth-order valence-corrected chi connectivity index (χ4v) is 2.06. The molecule has 1 amide bonds. The predicted molar refractivity (Wildman–Crippen MR) is 76.1 cm³/mol. The second kappa shape index (κ2) is 5.90. The summed E-state index contributed by atoms with van der Waals surface area (Å²) in [6, 6.07) is 1.64. The van der Waals surface area contributed by atoms with Crippen molar-refractivity contribution in [2.24, 2.45) is 0 Å². The topological polar surface area (TPSA) is 56.0 Å². The van der Waals surface area contributed by atoms with Gasteiger partial charge >= 0.3 is 0 Å². The van der Waals surface area contributed by atoms with E-state index in [0.717, 1.165) is 17.8 Å². The van der Waals surface area contributed by atoms with Gasteiger partial charge in [0.15, 0.2) is 0 Å². The monoisotopic (exact) mass is 275 g/mol. The SMILES string of the molecule is CCn1ccc(CN(C)C(=O)C(C)n2cc(C)cn2)n1. The Hall–Kier alpha value is -2.11. The van der Waals surface area contributed by atoms with Crippen LogP contribution in [-0.4, -0.2) is 37.4 Å². The highest BCUT2D eigenvalue weighted by atomic mass is 16.2. The first-order valence-electron chi connectivity index (χ1n) is 6.79. The zero-order valence-electron chi connectivity index (χ0n) is 12.4. The van der Waals surface area contributed by atoms with Crippen molar-refractivity contribution in [3.63, 3.8) is 0 Å². The average molecular weight is 275 g/mol. The molecule has 0 aromatic carbocycles. The summed E-state index contributed by atoms with van der Waals surface area (Å²) < 4.78 is 3.55. The van der Waals surface area contributed by atoms with E-state index in [4.69, 9.17) is 0 Å². The van der Waals surface area contributed by atoms with Crippen LogP contribution in [0, 0.1) is 6.92 Å². The zero-order chi connectivity index (χ0) is 14.7. The van der Waals surface area contributed by atoms with Gasteiger partial charge in [-0.1, -0.05) is 0 Å². The Labute approximate surface area is 119 Å². The third-order valence-electron chi connectivity index (χ3n) is 3.28. The number of nitrogens with zero attached hydrogens (tertiary/aromatic N) is 5. The summed E-state index contributed by atoms with van der Waals surface area (Å²) in [5, 5.41) is 8.58. The lowest BCUT2D eigenvalue weighted by Gasteiger charge is -2.20. The van der Waals surface area contributed by atoms with Crippen LogP contribution in [0.25, 0.3) is 0 Å². The van der Waals surface area contributed by atoms with Crippen molar-refractivity contribution in [1.29, 1.82) is 0 Å². The second-order valence-corrected chi connectivity index (χ2v) is 5.03. The summed E-state index contributed by atoms with van der Waals surface area (Å²) >= 11 is 0. The number of hydrogen-bond donors (Lipinski definition) is 0. The number of rotatable bonds is 5. The molecule has 1 unspecified atom stereocenters. The first kappa shape index (κ1) is 14.3. The van der Waals surface area contributed by atoms with E-state index in [-0.39, 0.29) is 11.9 Å². The molecule has 0 radical (unpaired) electrons. The van der Waals surface area contributed by atoms with Crippen LogP contribution < -0.4 is 0 Å². The van der Waals surface area contributed by atoms with E-state index in [0.29, 0.717) is 6.54 Å². The predicted octanol–water partition coefficient (Wildman–Crippen LogP) is 1.63. The standard InChI is InChI=1S/C14H21N5O/c1-5-18-7-6-13(16-18)10-17(4)14(20)12(3)19-9-11(2)8-15-19/h6-9,12H,5,10H2,1-4H3. The van der Waals surface area contributed by atoms with Gasteiger partial charge in [-0.15, -0.1) is 0 Å². The molecule has 2 rings (SSSR count). The van der Waals surface area contributed by atoms with E-state index >= 15 is 0 Å². The molecule has 6 heteroatoms. The molecule has 0 spiro atoms. The van der Waals surface area contributed by atoms with Crippen LogP contribution in [0.2, 0.25) is 0 Å². The van der Waals surface area contributed by atoms with Crippen molar-refractivity contribution in [2.45, 2.75) is 39.9 Å². The molecule has 0 saturated heterocycles. The summed E-state index contributed by atoms with van der Waals surface area (Å²) in [6.45, 7) is 7.20. The number of amides is 1. The minimum Gasteiger partial charge on any atom is -0.338 e. The Kier molecular flexibility index (Phi) is 4.22. The van der Waals surface area contributed by atoms with Crippen LogP contribution in [0.15, 0.2) is 24.7 Å². The Balaban J connectivity index is 2.01. The summed E-state index contributed by atoms with van der Waals surface area (Å²) in [5.74, 6) is 0.0270. The van der Waals surface area contributed by atoms with Gasteiger partial charge in [0.25, 0.3) is 0 Å². The highest BCUT2D eigenvalue weighted by molar-refractivity contribution is 5.79. The first-order valence-corrected chi connectivity index (χ1v) is 6.79. The maximum atomic E-state index is 12.4. The van der Waals surface area contributed by atoms with Gasteiger partial charge in [-0.3, -0.25) is 14.2 Å². The van der Waals surface area contributed by atoms with Gasteiger partial charge in [-0.25, -0.2) is 0 Å². The molecular weight excluding hydrogens is 254 g/mol. The molecule has 108 valence electrons. The van der Waals surface area contributed by atoms with Crippen molar-refractivity contribution >= 4 is 5.91 Å². The van der Waals surface area contributed by atoms with Gasteiger partial charge in [0.1, 0.15) is 6.04 Å². The maximum absolute atomic E-state index is 12.4. The minimum atomic E-state index is -0.304. The second-order valence-electron chi connectivity index (χ2n) is 5.03. The molecule has 0 aliphatic rings. The molecule has 0 saturated carbocycles. The number of hydrogen-bond acceptors (Lipinski definition) is 3. The van der Waals surface area contributed by atoms with Crippen molar-refractivity contribution in [1.82, 2.24) is 24.5 Å². The van der Waals surface area contributed by atoms with Crippen molar-refractivity contribution in [3.05, 3.63) is 35.9 Å². The molecule has 0 bridgehead atoms. The van der Waals surface area contributed by atoms with Gasteiger partial charge in [0.05, 0.1) is 18.4 Å². The van der Waals surface area contributed by atoms with Gasteiger partial charge in [-0.2, -0.15) is 10.2 Å². The summed E-state index contributed by atoms with van der Waals surface area (Å²) in [6.07, 6.45) is 5.56. The Bertz CT molecular complexity index is 586. The molecule has 0 N–H and O–H groups in total. The van der Waals surface area contributed by atoms with Crippen LogP contribution >= 0.6 is 0 Å². The molecule has 2 heterocycles. The normalized spacial score (nSPS) is 12.4. The van der Waals surface area contributed by atoms with Crippen LogP contribution in [0.1, 0.15) is 31.1 Å². The Morgan fingerprint density at radius 1 is 1.50 bits per heavy atom. The number of aryl methyl sites for hydroxylation is 2. The first-order chi connectivity index (χ1) is 9.51. The van der Waals surface area contributed by atoms with E-state index in [1.54, 1.807) is 22.8 Å². The summed E-state index contributed by atoms with van der Waals surface area (Å²) in [4.78, 5) is 14.0. The molecule has 2 aromatic rings. The lowest BCUT2D eigenvalue weighted by Crippen LogP contribution is -2.33. The van der Waals surface area contributed by atoms with Crippen molar-refractivity contribution < 1.29 is 4.79 Å². The Morgan fingerprint density at radius 3 is 2.80 bits per heavy atom. The number of likely N-dealkylation sites (N-methyl/N-ethyl adjacent to an activating group) is 1. The quantitative estimate of drug-likeness (QED) is 0.833. The van der Waals surface area contributed by atoms with Crippen molar-refractivity contribution in [3.8, 4) is 0 Å². The number of carbonyl (C=O) groups is 1. The highest BCUT2D eigenvalue weighted by Gasteiger charge is 2.20. The van der Waals surface area contributed by atoms with Crippen LogP contribution in [-0.2, 0) is 17.9 Å². The lowest BCUT2D eigenvalue weighted by atomic mass is 10.3. The van der Waals surface area contributed by atoms with E-state index in [1.807, 2.05) is 43.9 Å². The van der Waals surface area contributed by atoms with E-state index < -0.39 is 0 Å². The smallest absolute Gasteiger partial charge is 0.247 e.